The molecule has 0 aromatic carbocycles. The Kier molecular flexibility index (Phi) is 2.15. The molecular formula is C7H8N2O2. The highest BCUT2D eigenvalue weighted by molar-refractivity contribution is 5.68. The van der Waals surface area contributed by atoms with E-state index < -0.39 is 5.97 Å². The van der Waals surface area contributed by atoms with Crippen LogP contribution in [0.4, 0.5) is 0 Å². The maximum absolute atomic E-state index is 10.2. The summed E-state index contributed by atoms with van der Waals surface area (Å²) in [6.45, 7) is 1.85. The quantitative estimate of drug-likeness (QED) is 0.666. The van der Waals surface area contributed by atoms with Gasteiger partial charge in [0.05, 0.1) is 0 Å². The number of hydrogen-bond acceptors (Lipinski definition) is 3. The molecule has 1 aromatic heterocycles. The number of carboxylic acids is 1. The third-order valence-electron chi connectivity index (χ3n) is 1.14. The Morgan fingerprint density at radius 2 is 2.09 bits per heavy atom. The van der Waals surface area contributed by atoms with Crippen LogP contribution in [0, 0.1) is 6.92 Å². The zero-order chi connectivity index (χ0) is 8.27. The maximum atomic E-state index is 10.2. The van der Waals surface area contributed by atoms with Gasteiger partial charge in [0.2, 0.25) is 0 Å². The van der Waals surface area contributed by atoms with Gasteiger partial charge < -0.3 is 5.11 Å². The standard InChI is InChI=1S/C7H8N2O2/c1-5-3-8-6(9-4-5)2-7(10)11/h3-4H,2H2,1H3,(H,10,11). The molecule has 0 spiro atoms. The lowest BCUT2D eigenvalue weighted by atomic mass is 10.3. The van der Waals surface area contributed by atoms with Gasteiger partial charge in [-0.25, -0.2) is 9.97 Å². The zero-order valence-corrected chi connectivity index (χ0v) is 6.11. The lowest BCUT2D eigenvalue weighted by molar-refractivity contribution is -0.136. The molecule has 4 heteroatoms. The Bertz CT molecular complexity index is 256. The number of carboxylic acid groups (broad SMARTS) is 1. The lowest BCUT2D eigenvalue weighted by Gasteiger charge is -1.94. The van der Waals surface area contributed by atoms with Gasteiger partial charge in [-0.3, -0.25) is 4.79 Å². The van der Waals surface area contributed by atoms with E-state index in [2.05, 4.69) is 9.97 Å². The number of rotatable bonds is 2. The predicted octanol–water partition coefficient (Wildman–Crippen LogP) is 0.412. The maximum Gasteiger partial charge on any atom is 0.311 e. The molecule has 1 rings (SSSR count). The fraction of sp³-hybridized carbons (Fsp3) is 0.286. The first-order valence-electron chi connectivity index (χ1n) is 3.18. The number of carbonyl (C=O) groups is 1. The summed E-state index contributed by atoms with van der Waals surface area (Å²) in [6.07, 6.45) is 3.09. The molecule has 0 saturated carbocycles. The molecule has 1 heterocycles. The Morgan fingerprint density at radius 3 is 2.55 bits per heavy atom. The van der Waals surface area contributed by atoms with E-state index in [0.717, 1.165) is 5.56 Å². The summed E-state index contributed by atoms with van der Waals surface area (Å²) in [5.41, 5.74) is 0.930. The molecule has 11 heavy (non-hydrogen) atoms. The molecule has 0 aliphatic carbocycles. The van der Waals surface area contributed by atoms with Gasteiger partial charge in [0.25, 0.3) is 0 Å². The van der Waals surface area contributed by atoms with Crippen molar-refractivity contribution in [3.05, 3.63) is 23.8 Å². The summed E-state index contributed by atoms with van der Waals surface area (Å²) in [5.74, 6) is -0.558. The molecule has 0 saturated heterocycles. The Hall–Kier alpha value is -1.45. The van der Waals surface area contributed by atoms with E-state index in [9.17, 15) is 4.79 Å². The Balaban J connectivity index is 2.74. The molecule has 4 nitrogen and oxygen atoms in total. The van der Waals surface area contributed by atoms with E-state index in [1.54, 1.807) is 12.4 Å². The molecule has 1 aromatic rings. The van der Waals surface area contributed by atoms with Gasteiger partial charge in [0, 0.05) is 12.4 Å². The summed E-state index contributed by atoms with van der Waals surface area (Å²) >= 11 is 0. The minimum absolute atomic E-state index is 0.111. The first-order valence-corrected chi connectivity index (χ1v) is 3.18. The summed E-state index contributed by atoms with van der Waals surface area (Å²) < 4.78 is 0. The fourth-order valence-corrected chi connectivity index (χ4v) is 0.646. The highest BCUT2D eigenvalue weighted by Crippen LogP contribution is 1.93. The lowest BCUT2D eigenvalue weighted by Crippen LogP contribution is -2.04. The van der Waals surface area contributed by atoms with Crippen LogP contribution >= 0.6 is 0 Å². The molecule has 0 atom stereocenters. The summed E-state index contributed by atoms with van der Waals surface area (Å²) in [6, 6.07) is 0. The van der Waals surface area contributed by atoms with Gasteiger partial charge >= 0.3 is 5.97 Å². The third kappa shape index (κ3) is 2.33. The number of hydrogen-bond donors (Lipinski definition) is 1. The van der Waals surface area contributed by atoms with Crippen LogP contribution in [0.3, 0.4) is 0 Å². The van der Waals surface area contributed by atoms with Crippen LogP contribution in [0.1, 0.15) is 11.4 Å². The minimum atomic E-state index is -0.908. The van der Waals surface area contributed by atoms with Crippen LogP contribution in [0.25, 0.3) is 0 Å². The highest BCUT2D eigenvalue weighted by Gasteiger charge is 2.01. The minimum Gasteiger partial charge on any atom is -0.481 e. The Morgan fingerprint density at radius 1 is 1.55 bits per heavy atom. The number of aryl methyl sites for hydroxylation is 1. The van der Waals surface area contributed by atoms with Crippen LogP contribution in [0.15, 0.2) is 12.4 Å². The molecule has 0 fully saturated rings. The first-order chi connectivity index (χ1) is 5.18. The van der Waals surface area contributed by atoms with Crippen molar-refractivity contribution in [2.24, 2.45) is 0 Å². The normalized spacial score (nSPS) is 9.55. The van der Waals surface area contributed by atoms with E-state index in [1.165, 1.54) is 0 Å². The first kappa shape index (κ1) is 7.65. The second-order valence-corrected chi connectivity index (χ2v) is 2.25. The average Bonchev–Trinajstić information content (AvgIpc) is 1.93. The zero-order valence-electron chi connectivity index (χ0n) is 6.11. The van der Waals surface area contributed by atoms with Crippen LogP contribution in [0.5, 0.6) is 0 Å². The summed E-state index contributed by atoms with van der Waals surface area (Å²) in [4.78, 5) is 17.8. The molecule has 58 valence electrons. The smallest absolute Gasteiger partial charge is 0.311 e. The fourth-order valence-electron chi connectivity index (χ4n) is 0.646. The highest BCUT2D eigenvalue weighted by atomic mass is 16.4. The van der Waals surface area contributed by atoms with Crippen molar-refractivity contribution in [3.63, 3.8) is 0 Å². The predicted molar refractivity (Wildman–Crippen MR) is 38.1 cm³/mol. The van der Waals surface area contributed by atoms with Gasteiger partial charge in [-0.15, -0.1) is 0 Å². The van der Waals surface area contributed by atoms with Gasteiger partial charge in [0.15, 0.2) is 0 Å². The van der Waals surface area contributed by atoms with Crippen LogP contribution < -0.4 is 0 Å². The van der Waals surface area contributed by atoms with Crippen LogP contribution in [-0.2, 0) is 11.2 Å². The van der Waals surface area contributed by atoms with Crippen molar-refractivity contribution in [1.29, 1.82) is 0 Å². The molecule has 0 aliphatic rings. The molecular weight excluding hydrogens is 144 g/mol. The SMILES string of the molecule is Cc1cnc(CC(=O)O)nc1. The number of nitrogens with zero attached hydrogens (tertiary/aromatic N) is 2. The van der Waals surface area contributed by atoms with Crippen molar-refractivity contribution in [3.8, 4) is 0 Å². The van der Waals surface area contributed by atoms with Crippen molar-refractivity contribution in [2.45, 2.75) is 13.3 Å². The monoisotopic (exact) mass is 152 g/mol. The molecule has 0 aliphatic heterocycles. The van der Waals surface area contributed by atoms with E-state index in [0.29, 0.717) is 5.82 Å². The van der Waals surface area contributed by atoms with E-state index in [-0.39, 0.29) is 6.42 Å². The van der Waals surface area contributed by atoms with Crippen molar-refractivity contribution in [1.82, 2.24) is 9.97 Å². The van der Waals surface area contributed by atoms with Gasteiger partial charge in [-0.1, -0.05) is 0 Å². The second-order valence-electron chi connectivity index (χ2n) is 2.25. The van der Waals surface area contributed by atoms with Gasteiger partial charge in [0.1, 0.15) is 12.2 Å². The Labute approximate surface area is 63.9 Å². The van der Waals surface area contributed by atoms with Gasteiger partial charge in [-0.2, -0.15) is 0 Å². The molecule has 0 bridgehead atoms. The summed E-state index contributed by atoms with van der Waals surface area (Å²) in [7, 11) is 0. The van der Waals surface area contributed by atoms with Crippen LogP contribution in [-0.4, -0.2) is 21.0 Å². The van der Waals surface area contributed by atoms with Crippen molar-refractivity contribution < 1.29 is 9.90 Å². The molecule has 0 radical (unpaired) electrons. The number of aliphatic carboxylic acids is 1. The summed E-state index contributed by atoms with van der Waals surface area (Å²) in [5, 5.41) is 8.36. The topological polar surface area (TPSA) is 63.1 Å². The third-order valence-corrected chi connectivity index (χ3v) is 1.14. The molecule has 0 amide bonds. The molecule has 0 unspecified atom stereocenters. The number of aromatic nitrogens is 2. The van der Waals surface area contributed by atoms with E-state index in [1.807, 2.05) is 6.92 Å². The van der Waals surface area contributed by atoms with Gasteiger partial charge in [-0.05, 0) is 12.5 Å². The van der Waals surface area contributed by atoms with Crippen molar-refractivity contribution in [2.75, 3.05) is 0 Å². The van der Waals surface area contributed by atoms with Crippen LogP contribution in [0.2, 0.25) is 0 Å². The second kappa shape index (κ2) is 3.09. The van der Waals surface area contributed by atoms with E-state index in [4.69, 9.17) is 5.11 Å². The van der Waals surface area contributed by atoms with Crippen molar-refractivity contribution >= 4 is 5.97 Å². The largest absolute Gasteiger partial charge is 0.481 e. The van der Waals surface area contributed by atoms with E-state index >= 15 is 0 Å². The molecule has 1 N–H and O–H groups in total. The average molecular weight is 152 g/mol.